The SMILES string of the molecule is Cc1ccc(NC2CCc3cccnc32)c(C)c1O. The first kappa shape index (κ1) is 12.0. The van der Waals surface area contributed by atoms with Crippen molar-refractivity contribution in [2.75, 3.05) is 5.32 Å². The number of nitrogens with one attached hydrogen (secondary N) is 1. The van der Waals surface area contributed by atoms with Crippen LogP contribution in [0.25, 0.3) is 0 Å². The first-order valence-corrected chi connectivity index (χ1v) is 6.66. The van der Waals surface area contributed by atoms with E-state index in [1.54, 1.807) is 0 Å². The molecular weight excluding hydrogens is 236 g/mol. The Labute approximate surface area is 113 Å². The zero-order chi connectivity index (χ0) is 13.4. The number of nitrogens with zero attached hydrogens (tertiary/aromatic N) is 1. The second kappa shape index (κ2) is 4.57. The van der Waals surface area contributed by atoms with Crippen LogP contribution in [0.2, 0.25) is 0 Å². The number of pyridine rings is 1. The number of benzene rings is 1. The zero-order valence-corrected chi connectivity index (χ0v) is 11.3. The highest BCUT2D eigenvalue weighted by Crippen LogP contribution is 2.35. The maximum atomic E-state index is 10.0. The summed E-state index contributed by atoms with van der Waals surface area (Å²) in [6, 6.07) is 8.36. The van der Waals surface area contributed by atoms with Gasteiger partial charge in [-0.05, 0) is 49.9 Å². The molecule has 1 unspecified atom stereocenters. The number of phenols is 1. The molecule has 0 amide bonds. The first-order valence-electron chi connectivity index (χ1n) is 6.66. The Morgan fingerprint density at radius 1 is 1.26 bits per heavy atom. The summed E-state index contributed by atoms with van der Waals surface area (Å²) < 4.78 is 0. The molecule has 98 valence electrons. The molecule has 2 aromatic rings. The standard InChI is InChI=1S/C16H18N2O/c1-10-5-7-13(11(2)16(10)19)18-14-8-6-12-4-3-9-17-15(12)14/h3-5,7,9,14,18-19H,6,8H2,1-2H3. The van der Waals surface area contributed by atoms with Gasteiger partial charge in [-0.1, -0.05) is 12.1 Å². The number of aromatic nitrogens is 1. The van der Waals surface area contributed by atoms with Crippen molar-refractivity contribution in [3.8, 4) is 5.75 Å². The Bertz CT molecular complexity index is 622. The highest BCUT2D eigenvalue weighted by molar-refractivity contribution is 5.60. The molecule has 0 fully saturated rings. The van der Waals surface area contributed by atoms with Crippen molar-refractivity contribution in [1.82, 2.24) is 4.98 Å². The minimum absolute atomic E-state index is 0.247. The second-order valence-electron chi connectivity index (χ2n) is 5.19. The van der Waals surface area contributed by atoms with Gasteiger partial charge in [0.25, 0.3) is 0 Å². The second-order valence-corrected chi connectivity index (χ2v) is 5.19. The quantitative estimate of drug-likeness (QED) is 0.862. The van der Waals surface area contributed by atoms with Crippen LogP contribution in [0.3, 0.4) is 0 Å². The van der Waals surface area contributed by atoms with Gasteiger partial charge in [-0.25, -0.2) is 0 Å². The van der Waals surface area contributed by atoms with Gasteiger partial charge in [-0.2, -0.15) is 0 Å². The fraction of sp³-hybridized carbons (Fsp3) is 0.312. The van der Waals surface area contributed by atoms with E-state index in [1.807, 2.05) is 38.2 Å². The molecule has 1 heterocycles. The lowest BCUT2D eigenvalue weighted by Crippen LogP contribution is -2.09. The molecule has 0 spiro atoms. The lowest BCUT2D eigenvalue weighted by molar-refractivity contribution is 0.467. The van der Waals surface area contributed by atoms with Gasteiger partial charge in [0.15, 0.2) is 0 Å². The van der Waals surface area contributed by atoms with E-state index in [2.05, 4.69) is 16.4 Å². The molecule has 3 nitrogen and oxygen atoms in total. The Hall–Kier alpha value is -2.03. The third-order valence-corrected chi connectivity index (χ3v) is 3.92. The predicted octanol–water partition coefficient (Wildman–Crippen LogP) is 3.50. The molecule has 3 heteroatoms. The fourth-order valence-corrected chi connectivity index (χ4v) is 2.73. The predicted molar refractivity (Wildman–Crippen MR) is 76.5 cm³/mol. The molecule has 19 heavy (non-hydrogen) atoms. The van der Waals surface area contributed by atoms with Gasteiger partial charge < -0.3 is 10.4 Å². The van der Waals surface area contributed by atoms with Crippen LogP contribution in [0.1, 0.15) is 34.8 Å². The third-order valence-electron chi connectivity index (χ3n) is 3.92. The van der Waals surface area contributed by atoms with Crippen LogP contribution in [-0.2, 0) is 6.42 Å². The molecular formula is C16H18N2O. The topological polar surface area (TPSA) is 45.2 Å². The fourth-order valence-electron chi connectivity index (χ4n) is 2.73. The van der Waals surface area contributed by atoms with E-state index >= 15 is 0 Å². The lowest BCUT2D eigenvalue weighted by atomic mass is 10.1. The molecule has 1 aromatic carbocycles. The molecule has 2 N–H and O–H groups in total. The molecule has 1 aliphatic carbocycles. The van der Waals surface area contributed by atoms with E-state index in [4.69, 9.17) is 0 Å². The van der Waals surface area contributed by atoms with Gasteiger partial charge in [-0.15, -0.1) is 0 Å². The molecule has 0 saturated heterocycles. The van der Waals surface area contributed by atoms with E-state index in [0.29, 0.717) is 5.75 Å². The van der Waals surface area contributed by atoms with Gasteiger partial charge in [0.05, 0.1) is 11.7 Å². The van der Waals surface area contributed by atoms with Crippen LogP contribution in [0.5, 0.6) is 5.75 Å². The molecule has 1 atom stereocenters. The van der Waals surface area contributed by atoms with Crippen LogP contribution < -0.4 is 5.32 Å². The number of hydrogen-bond donors (Lipinski definition) is 2. The van der Waals surface area contributed by atoms with Crippen LogP contribution in [0.4, 0.5) is 5.69 Å². The molecule has 0 bridgehead atoms. The largest absolute Gasteiger partial charge is 0.507 e. The maximum Gasteiger partial charge on any atom is 0.123 e. The molecule has 1 aromatic heterocycles. The zero-order valence-electron chi connectivity index (χ0n) is 11.3. The van der Waals surface area contributed by atoms with Crippen molar-refractivity contribution in [3.63, 3.8) is 0 Å². The average molecular weight is 254 g/mol. The van der Waals surface area contributed by atoms with Crippen molar-refractivity contribution >= 4 is 5.69 Å². The summed E-state index contributed by atoms with van der Waals surface area (Å²) in [5.41, 5.74) is 5.28. The highest BCUT2D eigenvalue weighted by atomic mass is 16.3. The number of anilines is 1. The first-order chi connectivity index (χ1) is 9.16. The van der Waals surface area contributed by atoms with Crippen LogP contribution in [-0.4, -0.2) is 10.1 Å². The minimum Gasteiger partial charge on any atom is -0.507 e. The molecule has 3 rings (SSSR count). The van der Waals surface area contributed by atoms with Gasteiger partial charge >= 0.3 is 0 Å². The summed E-state index contributed by atoms with van der Waals surface area (Å²) in [5, 5.41) is 13.5. The van der Waals surface area contributed by atoms with Crippen LogP contribution >= 0.6 is 0 Å². The van der Waals surface area contributed by atoms with Crippen molar-refractivity contribution in [3.05, 3.63) is 52.8 Å². The number of fused-ring (bicyclic) bond motifs is 1. The number of rotatable bonds is 2. The number of hydrogen-bond acceptors (Lipinski definition) is 3. The van der Waals surface area contributed by atoms with Crippen LogP contribution in [0, 0.1) is 13.8 Å². The summed E-state index contributed by atoms with van der Waals surface area (Å²) in [6.07, 6.45) is 3.97. The molecule has 0 saturated carbocycles. The highest BCUT2D eigenvalue weighted by Gasteiger charge is 2.24. The minimum atomic E-state index is 0.247. The molecule has 0 radical (unpaired) electrons. The van der Waals surface area contributed by atoms with E-state index < -0.39 is 0 Å². The van der Waals surface area contributed by atoms with Crippen LogP contribution in [0.15, 0.2) is 30.5 Å². The number of phenolic OH excluding ortho intramolecular Hbond substituents is 1. The van der Waals surface area contributed by atoms with E-state index in [9.17, 15) is 5.11 Å². The van der Waals surface area contributed by atoms with E-state index in [1.165, 1.54) is 5.56 Å². The summed E-state index contributed by atoms with van der Waals surface area (Å²) in [4.78, 5) is 4.48. The monoisotopic (exact) mass is 254 g/mol. The maximum absolute atomic E-state index is 10.0. The third kappa shape index (κ3) is 2.05. The summed E-state index contributed by atoms with van der Waals surface area (Å²) in [6.45, 7) is 3.86. The van der Waals surface area contributed by atoms with E-state index in [-0.39, 0.29) is 6.04 Å². The van der Waals surface area contributed by atoms with Gasteiger partial charge in [0.1, 0.15) is 5.75 Å². The van der Waals surface area contributed by atoms with E-state index in [0.717, 1.165) is 35.3 Å². The van der Waals surface area contributed by atoms with Gasteiger partial charge in [0, 0.05) is 17.4 Å². The molecule has 0 aliphatic heterocycles. The average Bonchev–Trinajstić information content (AvgIpc) is 2.83. The van der Waals surface area contributed by atoms with Crippen molar-refractivity contribution in [2.45, 2.75) is 32.7 Å². The Morgan fingerprint density at radius 3 is 2.95 bits per heavy atom. The Kier molecular flexibility index (Phi) is 2.90. The Morgan fingerprint density at radius 2 is 2.11 bits per heavy atom. The number of aryl methyl sites for hydroxylation is 2. The normalized spacial score (nSPS) is 17.3. The smallest absolute Gasteiger partial charge is 0.123 e. The van der Waals surface area contributed by atoms with Gasteiger partial charge in [0.2, 0.25) is 0 Å². The lowest BCUT2D eigenvalue weighted by Gasteiger charge is -2.17. The van der Waals surface area contributed by atoms with Gasteiger partial charge in [-0.3, -0.25) is 4.98 Å². The van der Waals surface area contributed by atoms with Crippen molar-refractivity contribution < 1.29 is 5.11 Å². The number of aromatic hydroxyl groups is 1. The molecule has 1 aliphatic rings. The Balaban J connectivity index is 1.90. The summed E-state index contributed by atoms with van der Waals surface area (Å²) in [7, 11) is 0. The summed E-state index contributed by atoms with van der Waals surface area (Å²) in [5.74, 6) is 0.379. The van der Waals surface area contributed by atoms with Crippen molar-refractivity contribution in [1.29, 1.82) is 0 Å². The summed E-state index contributed by atoms with van der Waals surface area (Å²) >= 11 is 0. The van der Waals surface area contributed by atoms with Crippen molar-refractivity contribution in [2.24, 2.45) is 0 Å².